The Hall–Kier alpha value is -2.24. The molecule has 1 aromatic rings. The Morgan fingerprint density at radius 2 is 1.50 bits per heavy atom. The Balaban J connectivity index is 2.04. The molecule has 2 amide bonds. The van der Waals surface area contributed by atoms with Crippen LogP contribution >= 0.6 is 0 Å². The van der Waals surface area contributed by atoms with Gasteiger partial charge in [-0.1, -0.05) is 13.8 Å². The first-order valence-corrected chi connectivity index (χ1v) is 8.57. The van der Waals surface area contributed by atoms with Crippen molar-refractivity contribution in [3.63, 3.8) is 0 Å². The summed E-state index contributed by atoms with van der Waals surface area (Å²) in [5.74, 6) is -0.296. The van der Waals surface area contributed by atoms with E-state index in [4.69, 9.17) is 0 Å². The molecule has 0 aliphatic carbocycles. The van der Waals surface area contributed by atoms with Gasteiger partial charge in [0.25, 0.3) is 5.91 Å². The predicted molar refractivity (Wildman–Crippen MR) is 90.9 cm³/mol. The summed E-state index contributed by atoms with van der Waals surface area (Å²) in [6, 6.07) is 3.88. The summed E-state index contributed by atoms with van der Waals surface area (Å²) in [6.07, 6.45) is 2.39. The molecule has 1 fully saturated rings. The number of carbonyl (C=O) groups excluding carboxylic acids is 2. The molecule has 24 heavy (non-hydrogen) atoms. The summed E-state index contributed by atoms with van der Waals surface area (Å²) in [6.45, 7) is 6.24. The summed E-state index contributed by atoms with van der Waals surface area (Å²) < 4.78 is 0. The van der Waals surface area contributed by atoms with Gasteiger partial charge >= 0.3 is 0 Å². The smallest absolute Gasteiger partial charge is 0.254 e. The molecule has 6 heteroatoms. The van der Waals surface area contributed by atoms with Gasteiger partial charge in [-0.3, -0.25) is 9.59 Å². The SMILES string of the molecule is CCC(CC)C(=O)N1CCCN(C(=O)c2cc(O)cc(O)c2)CC1. The molecule has 1 aliphatic heterocycles. The lowest BCUT2D eigenvalue weighted by Gasteiger charge is -2.25. The van der Waals surface area contributed by atoms with Crippen LogP contribution in [-0.4, -0.2) is 58.0 Å². The van der Waals surface area contributed by atoms with Crippen molar-refractivity contribution in [1.29, 1.82) is 0 Å². The fourth-order valence-corrected chi connectivity index (χ4v) is 3.14. The summed E-state index contributed by atoms with van der Waals surface area (Å²) in [5, 5.41) is 19.1. The fourth-order valence-electron chi connectivity index (χ4n) is 3.14. The standard InChI is InChI=1S/C18H26N2O4/c1-3-13(4-2)17(23)19-6-5-7-20(9-8-19)18(24)14-10-15(21)12-16(22)11-14/h10-13,21-22H,3-9H2,1-2H3. The topological polar surface area (TPSA) is 81.1 Å². The number of aromatic hydroxyl groups is 2. The van der Waals surface area contributed by atoms with Crippen LogP contribution in [0.4, 0.5) is 0 Å². The molecule has 2 N–H and O–H groups in total. The van der Waals surface area contributed by atoms with Gasteiger partial charge in [0.1, 0.15) is 11.5 Å². The molecule has 0 saturated carbocycles. The molecule has 0 bridgehead atoms. The maximum absolute atomic E-state index is 12.6. The second-order valence-electron chi connectivity index (χ2n) is 6.22. The number of nitrogens with zero attached hydrogens (tertiary/aromatic N) is 2. The van der Waals surface area contributed by atoms with Crippen LogP contribution in [0.5, 0.6) is 11.5 Å². The highest BCUT2D eigenvalue weighted by Crippen LogP contribution is 2.22. The van der Waals surface area contributed by atoms with Crippen molar-refractivity contribution in [1.82, 2.24) is 9.80 Å². The minimum Gasteiger partial charge on any atom is -0.508 e. The Morgan fingerprint density at radius 3 is 2.08 bits per heavy atom. The van der Waals surface area contributed by atoms with E-state index in [1.54, 1.807) is 4.90 Å². The first kappa shape index (κ1) is 18.1. The second kappa shape index (κ2) is 8.04. The Kier molecular flexibility index (Phi) is 6.06. The van der Waals surface area contributed by atoms with Crippen LogP contribution in [0.3, 0.4) is 0 Å². The average molecular weight is 334 g/mol. The third-order valence-corrected chi connectivity index (χ3v) is 4.58. The first-order chi connectivity index (χ1) is 11.5. The van der Waals surface area contributed by atoms with Crippen molar-refractivity contribution in [2.24, 2.45) is 5.92 Å². The highest BCUT2D eigenvalue weighted by atomic mass is 16.3. The minimum atomic E-state index is -0.238. The molecule has 132 valence electrons. The van der Waals surface area contributed by atoms with Crippen molar-refractivity contribution in [2.75, 3.05) is 26.2 Å². The van der Waals surface area contributed by atoms with Gasteiger partial charge in [-0.05, 0) is 31.4 Å². The van der Waals surface area contributed by atoms with E-state index in [0.29, 0.717) is 26.2 Å². The lowest BCUT2D eigenvalue weighted by atomic mass is 10.0. The lowest BCUT2D eigenvalue weighted by molar-refractivity contribution is -0.135. The number of benzene rings is 1. The van der Waals surface area contributed by atoms with Crippen molar-refractivity contribution in [3.8, 4) is 11.5 Å². The van der Waals surface area contributed by atoms with Crippen LogP contribution in [0.15, 0.2) is 18.2 Å². The van der Waals surface area contributed by atoms with Gasteiger partial charge in [0.15, 0.2) is 0 Å². The molecule has 1 heterocycles. The number of rotatable bonds is 4. The Bertz CT molecular complexity index is 578. The molecule has 2 rings (SSSR count). The van der Waals surface area contributed by atoms with Crippen molar-refractivity contribution in [3.05, 3.63) is 23.8 Å². The number of amides is 2. The van der Waals surface area contributed by atoms with Crippen LogP contribution in [0.1, 0.15) is 43.5 Å². The number of hydrogen-bond donors (Lipinski definition) is 2. The lowest BCUT2D eigenvalue weighted by Crippen LogP contribution is -2.39. The van der Waals surface area contributed by atoms with Crippen LogP contribution in [-0.2, 0) is 4.79 Å². The third kappa shape index (κ3) is 4.19. The molecule has 0 atom stereocenters. The van der Waals surface area contributed by atoms with Crippen LogP contribution < -0.4 is 0 Å². The third-order valence-electron chi connectivity index (χ3n) is 4.58. The molecule has 0 aromatic heterocycles. The highest BCUT2D eigenvalue weighted by molar-refractivity contribution is 5.95. The van der Waals surface area contributed by atoms with Gasteiger partial charge < -0.3 is 20.0 Å². The molecule has 0 radical (unpaired) electrons. The molecular weight excluding hydrogens is 308 g/mol. The van der Waals surface area contributed by atoms with Crippen LogP contribution in [0.2, 0.25) is 0 Å². The van der Waals surface area contributed by atoms with E-state index in [2.05, 4.69) is 0 Å². The molecule has 6 nitrogen and oxygen atoms in total. The van der Waals surface area contributed by atoms with Crippen molar-refractivity contribution in [2.45, 2.75) is 33.1 Å². The van der Waals surface area contributed by atoms with E-state index >= 15 is 0 Å². The van der Waals surface area contributed by atoms with Crippen molar-refractivity contribution < 1.29 is 19.8 Å². The molecule has 1 aliphatic rings. The zero-order chi connectivity index (χ0) is 17.7. The van der Waals surface area contributed by atoms with E-state index in [-0.39, 0.29) is 34.8 Å². The summed E-state index contributed by atoms with van der Waals surface area (Å²) in [4.78, 5) is 28.6. The summed E-state index contributed by atoms with van der Waals surface area (Å²) >= 11 is 0. The summed E-state index contributed by atoms with van der Waals surface area (Å²) in [7, 11) is 0. The average Bonchev–Trinajstić information content (AvgIpc) is 2.80. The highest BCUT2D eigenvalue weighted by Gasteiger charge is 2.26. The van der Waals surface area contributed by atoms with Gasteiger partial charge in [0.05, 0.1) is 0 Å². The van der Waals surface area contributed by atoms with Gasteiger partial charge in [-0.15, -0.1) is 0 Å². The molecular formula is C18H26N2O4. The van der Waals surface area contributed by atoms with E-state index in [9.17, 15) is 19.8 Å². The number of hydrogen-bond acceptors (Lipinski definition) is 4. The van der Waals surface area contributed by atoms with Crippen molar-refractivity contribution >= 4 is 11.8 Å². The predicted octanol–water partition coefficient (Wildman–Crippen LogP) is 2.21. The molecule has 0 unspecified atom stereocenters. The Morgan fingerprint density at radius 1 is 0.958 bits per heavy atom. The van der Waals surface area contributed by atoms with E-state index < -0.39 is 0 Å². The van der Waals surface area contributed by atoms with Gasteiger partial charge in [0.2, 0.25) is 5.91 Å². The second-order valence-corrected chi connectivity index (χ2v) is 6.22. The maximum Gasteiger partial charge on any atom is 0.254 e. The van der Waals surface area contributed by atoms with Gasteiger partial charge in [0, 0.05) is 43.7 Å². The van der Waals surface area contributed by atoms with Gasteiger partial charge in [-0.25, -0.2) is 0 Å². The van der Waals surface area contributed by atoms with E-state index in [1.165, 1.54) is 18.2 Å². The number of phenolic OH excluding ortho intramolecular Hbond substituents is 2. The van der Waals surface area contributed by atoms with Crippen LogP contribution in [0.25, 0.3) is 0 Å². The first-order valence-electron chi connectivity index (χ1n) is 8.57. The number of phenols is 2. The minimum absolute atomic E-state index is 0.0512. The largest absolute Gasteiger partial charge is 0.508 e. The zero-order valence-corrected chi connectivity index (χ0v) is 14.4. The fraction of sp³-hybridized carbons (Fsp3) is 0.556. The summed E-state index contributed by atoms with van der Waals surface area (Å²) in [5.41, 5.74) is 0.257. The van der Waals surface area contributed by atoms with E-state index in [1.807, 2.05) is 18.7 Å². The Labute approximate surface area is 142 Å². The monoisotopic (exact) mass is 334 g/mol. The zero-order valence-electron chi connectivity index (χ0n) is 14.4. The van der Waals surface area contributed by atoms with Gasteiger partial charge in [-0.2, -0.15) is 0 Å². The quantitative estimate of drug-likeness (QED) is 0.884. The molecule has 0 spiro atoms. The molecule has 1 saturated heterocycles. The van der Waals surface area contributed by atoms with Crippen LogP contribution in [0, 0.1) is 5.92 Å². The normalized spacial score (nSPS) is 15.5. The maximum atomic E-state index is 12.6. The number of carbonyl (C=O) groups is 2. The van der Waals surface area contributed by atoms with E-state index in [0.717, 1.165) is 19.3 Å². The molecule has 1 aromatic carbocycles.